The Kier molecular flexibility index (Phi) is 4.61. The summed E-state index contributed by atoms with van der Waals surface area (Å²) in [5.74, 6) is -0.481. The van der Waals surface area contributed by atoms with Crippen LogP contribution in [0.5, 0.6) is 0 Å². The number of urea groups is 1. The number of carbonyl (C=O) groups is 2. The minimum atomic E-state index is -1.02. The second-order valence-electron chi connectivity index (χ2n) is 5.21. The summed E-state index contributed by atoms with van der Waals surface area (Å²) < 4.78 is 0. The van der Waals surface area contributed by atoms with Crippen LogP contribution >= 0.6 is 0 Å². The molecule has 5 heteroatoms. The van der Waals surface area contributed by atoms with Gasteiger partial charge in [0, 0.05) is 12.5 Å². The number of carboxylic acid groups (broad SMARTS) is 1. The summed E-state index contributed by atoms with van der Waals surface area (Å²) in [6, 6.07) is 8.18. The van der Waals surface area contributed by atoms with Gasteiger partial charge in [-0.2, -0.15) is 0 Å². The molecule has 0 spiro atoms. The zero-order chi connectivity index (χ0) is 14.5. The Labute approximate surface area is 118 Å². The fourth-order valence-corrected chi connectivity index (χ4v) is 2.29. The van der Waals surface area contributed by atoms with Crippen molar-refractivity contribution in [3.8, 4) is 0 Å². The van der Waals surface area contributed by atoms with Crippen LogP contribution in [0, 0.1) is 5.92 Å². The lowest BCUT2D eigenvalue weighted by atomic mass is 10.1. The van der Waals surface area contributed by atoms with E-state index in [1.165, 1.54) is 0 Å². The Balaban J connectivity index is 1.86. The minimum absolute atomic E-state index is 0.200. The molecule has 1 aliphatic rings. The topological polar surface area (TPSA) is 78.4 Å². The van der Waals surface area contributed by atoms with Crippen LogP contribution in [0.3, 0.4) is 0 Å². The summed E-state index contributed by atoms with van der Waals surface area (Å²) in [4.78, 5) is 23.0. The molecule has 20 heavy (non-hydrogen) atoms. The Morgan fingerprint density at radius 2 is 2.05 bits per heavy atom. The molecule has 2 rings (SSSR count). The fraction of sp³-hybridized carbons (Fsp3) is 0.467. The van der Waals surface area contributed by atoms with E-state index in [4.69, 9.17) is 0 Å². The van der Waals surface area contributed by atoms with Crippen molar-refractivity contribution in [2.75, 3.05) is 0 Å². The lowest BCUT2D eigenvalue weighted by Gasteiger charge is -2.15. The maximum atomic E-state index is 11.8. The Bertz CT molecular complexity index is 475. The van der Waals surface area contributed by atoms with E-state index in [1.54, 1.807) is 0 Å². The molecule has 1 aliphatic carbocycles. The molecular weight excluding hydrogens is 256 g/mol. The molecule has 1 aromatic carbocycles. The van der Waals surface area contributed by atoms with Crippen molar-refractivity contribution in [3.05, 3.63) is 35.9 Å². The van der Waals surface area contributed by atoms with Crippen LogP contribution in [0.25, 0.3) is 0 Å². The first-order valence-corrected chi connectivity index (χ1v) is 6.94. The first kappa shape index (κ1) is 14.4. The normalized spacial score (nSPS) is 21.9. The molecule has 1 aromatic rings. The summed E-state index contributed by atoms with van der Waals surface area (Å²) >= 11 is 0. The zero-order valence-corrected chi connectivity index (χ0v) is 11.5. The highest BCUT2D eigenvalue weighted by molar-refractivity contribution is 5.83. The molecule has 0 bridgehead atoms. The van der Waals surface area contributed by atoms with Crippen LogP contribution in [-0.4, -0.2) is 29.2 Å². The van der Waals surface area contributed by atoms with Crippen molar-refractivity contribution in [2.24, 2.45) is 5.92 Å². The van der Waals surface area contributed by atoms with Crippen molar-refractivity contribution < 1.29 is 14.7 Å². The standard InChI is InChI=1S/C15H20N2O3/c1-2-11-9-12(11)16-15(20)17-13(14(18)19)8-10-6-4-3-5-7-10/h3-7,11-13H,2,8-9H2,1H3,(H,18,19)(H2,16,17,20)/t11?,12?,13-/m0/s1. The molecular formula is C15H20N2O3. The Morgan fingerprint density at radius 1 is 1.35 bits per heavy atom. The maximum Gasteiger partial charge on any atom is 0.326 e. The minimum Gasteiger partial charge on any atom is -0.480 e. The molecule has 3 atom stereocenters. The van der Waals surface area contributed by atoms with Crippen LogP contribution in [0.4, 0.5) is 4.79 Å². The van der Waals surface area contributed by atoms with Gasteiger partial charge in [0.15, 0.2) is 0 Å². The molecule has 0 aliphatic heterocycles. The number of hydrogen-bond donors (Lipinski definition) is 3. The molecule has 2 unspecified atom stereocenters. The highest BCUT2D eigenvalue weighted by atomic mass is 16.4. The number of nitrogens with one attached hydrogen (secondary N) is 2. The van der Waals surface area contributed by atoms with Gasteiger partial charge in [-0.15, -0.1) is 0 Å². The van der Waals surface area contributed by atoms with Gasteiger partial charge < -0.3 is 15.7 Å². The molecule has 1 saturated carbocycles. The van der Waals surface area contributed by atoms with E-state index in [9.17, 15) is 14.7 Å². The second-order valence-corrected chi connectivity index (χ2v) is 5.21. The molecule has 0 radical (unpaired) electrons. The summed E-state index contributed by atoms with van der Waals surface area (Å²) in [6.07, 6.45) is 2.31. The summed E-state index contributed by atoms with van der Waals surface area (Å²) in [5.41, 5.74) is 0.887. The first-order valence-electron chi connectivity index (χ1n) is 6.94. The molecule has 2 amide bonds. The first-order chi connectivity index (χ1) is 9.60. The molecule has 0 heterocycles. The maximum absolute atomic E-state index is 11.8. The highest BCUT2D eigenvalue weighted by Crippen LogP contribution is 2.32. The van der Waals surface area contributed by atoms with E-state index < -0.39 is 18.0 Å². The highest BCUT2D eigenvalue weighted by Gasteiger charge is 2.37. The van der Waals surface area contributed by atoms with Gasteiger partial charge in [-0.1, -0.05) is 43.7 Å². The van der Waals surface area contributed by atoms with Gasteiger partial charge in [0.1, 0.15) is 6.04 Å². The lowest BCUT2D eigenvalue weighted by Crippen LogP contribution is -2.47. The van der Waals surface area contributed by atoms with E-state index in [2.05, 4.69) is 17.6 Å². The van der Waals surface area contributed by atoms with Crippen molar-refractivity contribution in [2.45, 2.75) is 38.3 Å². The molecule has 5 nitrogen and oxygen atoms in total. The van der Waals surface area contributed by atoms with E-state index in [0.717, 1.165) is 18.4 Å². The third-order valence-electron chi connectivity index (χ3n) is 3.65. The van der Waals surface area contributed by atoms with E-state index in [1.807, 2.05) is 30.3 Å². The van der Waals surface area contributed by atoms with Gasteiger partial charge in [0.2, 0.25) is 0 Å². The average molecular weight is 276 g/mol. The second kappa shape index (κ2) is 6.41. The van der Waals surface area contributed by atoms with Gasteiger partial charge in [-0.25, -0.2) is 9.59 Å². The smallest absolute Gasteiger partial charge is 0.326 e. The number of hydrogen-bond acceptors (Lipinski definition) is 2. The largest absolute Gasteiger partial charge is 0.480 e. The van der Waals surface area contributed by atoms with E-state index in [-0.39, 0.29) is 12.5 Å². The van der Waals surface area contributed by atoms with Crippen LogP contribution in [0.15, 0.2) is 30.3 Å². The van der Waals surface area contributed by atoms with Crippen molar-refractivity contribution >= 4 is 12.0 Å². The Hall–Kier alpha value is -2.04. The van der Waals surface area contributed by atoms with Crippen LogP contribution in [0.2, 0.25) is 0 Å². The molecule has 3 N–H and O–H groups in total. The fourth-order valence-electron chi connectivity index (χ4n) is 2.29. The summed E-state index contributed by atoms with van der Waals surface area (Å²) in [5, 5.41) is 14.5. The monoisotopic (exact) mass is 276 g/mol. The van der Waals surface area contributed by atoms with E-state index >= 15 is 0 Å². The van der Waals surface area contributed by atoms with Crippen molar-refractivity contribution in [1.29, 1.82) is 0 Å². The average Bonchev–Trinajstić information content (AvgIpc) is 3.17. The molecule has 108 valence electrons. The lowest BCUT2D eigenvalue weighted by molar-refractivity contribution is -0.139. The molecule has 0 aromatic heterocycles. The van der Waals surface area contributed by atoms with Crippen molar-refractivity contribution in [3.63, 3.8) is 0 Å². The SMILES string of the molecule is CCC1CC1NC(=O)N[C@@H](Cc1ccccc1)C(=O)O. The van der Waals surface area contributed by atoms with Gasteiger partial charge in [0.05, 0.1) is 0 Å². The number of carboxylic acids is 1. The number of carbonyl (C=O) groups excluding carboxylic acids is 1. The van der Waals surface area contributed by atoms with Gasteiger partial charge in [0.25, 0.3) is 0 Å². The van der Waals surface area contributed by atoms with Crippen LogP contribution in [-0.2, 0) is 11.2 Å². The van der Waals surface area contributed by atoms with Gasteiger partial charge in [-0.05, 0) is 17.9 Å². The van der Waals surface area contributed by atoms with Crippen LogP contribution in [0.1, 0.15) is 25.3 Å². The quantitative estimate of drug-likeness (QED) is 0.741. The summed E-state index contributed by atoms with van der Waals surface area (Å²) in [7, 11) is 0. The number of aliphatic carboxylic acids is 1. The molecule has 0 saturated heterocycles. The number of benzene rings is 1. The Morgan fingerprint density at radius 3 is 2.60 bits per heavy atom. The third-order valence-corrected chi connectivity index (χ3v) is 3.65. The molecule has 1 fully saturated rings. The van der Waals surface area contributed by atoms with Crippen LogP contribution < -0.4 is 10.6 Å². The van der Waals surface area contributed by atoms with Crippen molar-refractivity contribution in [1.82, 2.24) is 10.6 Å². The third kappa shape index (κ3) is 3.98. The zero-order valence-electron chi connectivity index (χ0n) is 11.5. The predicted octanol–water partition coefficient (Wildman–Crippen LogP) is 1.78. The van der Waals surface area contributed by atoms with Gasteiger partial charge >= 0.3 is 12.0 Å². The predicted molar refractivity (Wildman–Crippen MR) is 75.4 cm³/mol. The summed E-state index contributed by atoms with van der Waals surface area (Å²) in [6.45, 7) is 2.08. The van der Waals surface area contributed by atoms with E-state index in [0.29, 0.717) is 5.92 Å². The number of rotatable bonds is 6. The van der Waals surface area contributed by atoms with Gasteiger partial charge in [-0.3, -0.25) is 0 Å². The number of amides is 2.